The lowest BCUT2D eigenvalue weighted by Gasteiger charge is -2.07. The van der Waals surface area contributed by atoms with Gasteiger partial charge >= 0.3 is 5.97 Å². The normalized spacial score (nSPS) is 12.8. The van der Waals surface area contributed by atoms with Gasteiger partial charge in [0, 0.05) is 29.1 Å². The second kappa shape index (κ2) is 4.55. The first-order valence-corrected chi connectivity index (χ1v) is 5.32. The number of aromatic amines is 1. The number of hydrogen-bond donors (Lipinski definition) is 3. The first-order chi connectivity index (χ1) is 8.06. The minimum absolute atomic E-state index is 0.0187. The fourth-order valence-corrected chi connectivity index (χ4v) is 1.76. The molecule has 0 fully saturated rings. The second-order valence-electron chi connectivity index (χ2n) is 4.00. The summed E-state index contributed by atoms with van der Waals surface area (Å²) in [5.74, 6) is -1.18. The fourth-order valence-electron chi connectivity index (χ4n) is 1.76. The Morgan fingerprint density at radius 1 is 1.47 bits per heavy atom. The van der Waals surface area contributed by atoms with Crippen LogP contribution in [0.25, 0.3) is 10.9 Å². The van der Waals surface area contributed by atoms with E-state index >= 15 is 0 Å². The van der Waals surface area contributed by atoms with E-state index < -0.39 is 5.97 Å². The highest BCUT2D eigenvalue weighted by atomic mass is 19.1. The van der Waals surface area contributed by atoms with Gasteiger partial charge in [0.15, 0.2) is 0 Å². The van der Waals surface area contributed by atoms with Crippen molar-refractivity contribution in [1.29, 1.82) is 0 Å². The molecule has 17 heavy (non-hydrogen) atoms. The maximum atomic E-state index is 13.0. The Morgan fingerprint density at radius 3 is 2.94 bits per heavy atom. The molecule has 0 amide bonds. The summed E-state index contributed by atoms with van der Waals surface area (Å²) in [6.07, 6.45) is 0.371. The summed E-state index contributed by atoms with van der Waals surface area (Å²) in [7, 11) is 0. The van der Waals surface area contributed by atoms with E-state index in [1.807, 2.05) is 0 Å². The number of benzene rings is 1. The van der Waals surface area contributed by atoms with Crippen LogP contribution < -0.4 is 5.73 Å². The summed E-state index contributed by atoms with van der Waals surface area (Å²) in [5, 5.41) is 9.31. The van der Waals surface area contributed by atoms with Crippen LogP contribution in [0.4, 0.5) is 4.39 Å². The lowest BCUT2D eigenvalue weighted by molar-refractivity contribution is -0.137. The molecule has 0 aliphatic heterocycles. The SMILES string of the molecule is N[C@H](CCC(=O)O)c1cc2cc(F)ccc2[nH]1. The highest BCUT2D eigenvalue weighted by Gasteiger charge is 2.11. The summed E-state index contributed by atoms with van der Waals surface area (Å²) in [4.78, 5) is 13.5. The van der Waals surface area contributed by atoms with Gasteiger partial charge in [-0.05, 0) is 30.7 Å². The zero-order valence-corrected chi connectivity index (χ0v) is 9.11. The number of aromatic nitrogens is 1. The molecule has 4 N–H and O–H groups in total. The third kappa shape index (κ3) is 2.62. The molecule has 90 valence electrons. The minimum atomic E-state index is -0.873. The Hall–Kier alpha value is -1.88. The van der Waals surface area contributed by atoms with E-state index in [9.17, 15) is 9.18 Å². The number of nitrogens with one attached hydrogen (secondary N) is 1. The molecular formula is C12H13FN2O2. The first-order valence-electron chi connectivity index (χ1n) is 5.32. The van der Waals surface area contributed by atoms with Crippen molar-refractivity contribution in [3.8, 4) is 0 Å². The van der Waals surface area contributed by atoms with Crippen molar-refractivity contribution in [2.24, 2.45) is 5.73 Å². The second-order valence-corrected chi connectivity index (χ2v) is 4.00. The summed E-state index contributed by atoms with van der Waals surface area (Å²) < 4.78 is 13.0. The van der Waals surface area contributed by atoms with Gasteiger partial charge < -0.3 is 15.8 Å². The zero-order chi connectivity index (χ0) is 12.4. The van der Waals surface area contributed by atoms with E-state index in [0.29, 0.717) is 6.42 Å². The molecular weight excluding hydrogens is 223 g/mol. The van der Waals surface area contributed by atoms with Crippen LogP contribution in [0.5, 0.6) is 0 Å². The number of hydrogen-bond acceptors (Lipinski definition) is 2. The van der Waals surface area contributed by atoms with Gasteiger partial charge in [0.25, 0.3) is 0 Å². The highest BCUT2D eigenvalue weighted by Crippen LogP contribution is 2.22. The summed E-state index contributed by atoms with van der Waals surface area (Å²) in [6.45, 7) is 0. The summed E-state index contributed by atoms with van der Waals surface area (Å²) >= 11 is 0. The molecule has 0 aliphatic rings. The molecule has 2 aromatic rings. The third-order valence-corrected chi connectivity index (χ3v) is 2.67. The van der Waals surface area contributed by atoms with Gasteiger partial charge in [-0.1, -0.05) is 0 Å². The molecule has 2 rings (SSSR count). The average molecular weight is 236 g/mol. The lowest BCUT2D eigenvalue weighted by atomic mass is 10.1. The topological polar surface area (TPSA) is 79.1 Å². The summed E-state index contributed by atoms with van der Waals surface area (Å²) in [5.41, 5.74) is 7.38. The Kier molecular flexibility index (Phi) is 3.10. The quantitative estimate of drug-likeness (QED) is 0.761. The standard InChI is InChI=1S/C12H13FN2O2/c13-8-1-3-10-7(5-8)6-11(15-10)9(14)2-4-12(16)17/h1,3,5-6,9,15H,2,4,14H2,(H,16,17)/t9-/m1/s1. The van der Waals surface area contributed by atoms with Crippen molar-refractivity contribution in [3.05, 3.63) is 35.8 Å². The molecule has 0 saturated heterocycles. The van der Waals surface area contributed by atoms with Crippen LogP contribution in [0.3, 0.4) is 0 Å². The molecule has 0 unspecified atom stereocenters. The molecule has 0 bridgehead atoms. The van der Waals surface area contributed by atoms with Gasteiger partial charge in [-0.25, -0.2) is 4.39 Å². The molecule has 5 heteroatoms. The molecule has 0 radical (unpaired) electrons. The predicted octanol–water partition coefficient (Wildman–Crippen LogP) is 2.17. The van der Waals surface area contributed by atoms with Crippen molar-refractivity contribution in [2.75, 3.05) is 0 Å². The maximum absolute atomic E-state index is 13.0. The van der Waals surface area contributed by atoms with E-state index in [4.69, 9.17) is 10.8 Å². The van der Waals surface area contributed by atoms with Crippen LogP contribution in [-0.2, 0) is 4.79 Å². The van der Waals surface area contributed by atoms with E-state index in [2.05, 4.69) is 4.98 Å². The number of carbonyl (C=O) groups is 1. The van der Waals surface area contributed by atoms with Crippen LogP contribution in [0.15, 0.2) is 24.3 Å². The van der Waals surface area contributed by atoms with Gasteiger partial charge in [0.1, 0.15) is 5.82 Å². The Morgan fingerprint density at radius 2 is 2.24 bits per heavy atom. The average Bonchev–Trinajstić information content (AvgIpc) is 2.68. The van der Waals surface area contributed by atoms with Crippen molar-refractivity contribution in [1.82, 2.24) is 4.98 Å². The Bertz CT molecular complexity index is 550. The molecule has 1 heterocycles. The predicted molar refractivity (Wildman–Crippen MR) is 62.1 cm³/mol. The van der Waals surface area contributed by atoms with Gasteiger partial charge in [-0.2, -0.15) is 0 Å². The monoisotopic (exact) mass is 236 g/mol. The van der Waals surface area contributed by atoms with Crippen LogP contribution in [0.1, 0.15) is 24.6 Å². The Balaban J connectivity index is 2.21. The summed E-state index contributed by atoms with van der Waals surface area (Å²) in [6, 6.07) is 5.80. The number of rotatable bonds is 4. The number of H-pyrrole nitrogens is 1. The van der Waals surface area contributed by atoms with E-state index in [1.165, 1.54) is 12.1 Å². The van der Waals surface area contributed by atoms with Gasteiger partial charge in [0.05, 0.1) is 0 Å². The fraction of sp³-hybridized carbons (Fsp3) is 0.250. The van der Waals surface area contributed by atoms with Crippen LogP contribution in [0.2, 0.25) is 0 Å². The van der Waals surface area contributed by atoms with Crippen LogP contribution in [-0.4, -0.2) is 16.1 Å². The van der Waals surface area contributed by atoms with Crippen molar-refractivity contribution >= 4 is 16.9 Å². The zero-order valence-electron chi connectivity index (χ0n) is 9.11. The molecule has 0 aliphatic carbocycles. The Labute approximate surface area is 97.2 Å². The smallest absolute Gasteiger partial charge is 0.303 e. The number of aliphatic carboxylic acids is 1. The number of halogens is 1. The van der Waals surface area contributed by atoms with Crippen LogP contribution >= 0.6 is 0 Å². The first kappa shape index (κ1) is 11.6. The molecule has 4 nitrogen and oxygen atoms in total. The molecule has 1 aromatic heterocycles. The molecule has 0 saturated carbocycles. The van der Waals surface area contributed by atoms with Crippen LogP contribution in [0, 0.1) is 5.82 Å². The van der Waals surface area contributed by atoms with Crippen molar-refractivity contribution < 1.29 is 14.3 Å². The number of carboxylic acids is 1. The molecule has 0 spiro atoms. The molecule has 1 aromatic carbocycles. The lowest BCUT2D eigenvalue weighted by Crippen LogP contribution is -2.12. The third-order valence-electron chi connectivity index (χ3n) is 2.67. The van der Waals surface area contributed by atoms with Gasteiger partial charge in [-0.3, -0.25) is 4.79 Å². The maximum Gasteiger partial charge on any atom is 0.303 e. The largest absolute Gasteiger partial charge is 0.481 e. The van der Waals surface area contributed by atoms with E-state index in [-0.39, 0.29) is 18.3 Å². The van der Waals surface area contributed by atoms with Crippen molar-refractivity contribution in [3.63, 3.8) is 0 Å². The van der Waals surface area contributed by atoms with Gasteiger partial charge in [0.2, 0.25) is 0 Å². The van der Waals surface area contributed by atoms with E-state index in [0.717, 1.165) is 16.6 Å². The number of fused-ring (bicyclic) bond motifs is 1. The highest BCUT2D eigenvalue weighted by molar-refractivity contribution is 5.80. The minimum Gasteiger partial charge on any atom is -0.481 e. The van der Waals surface area contributed by atoms with Crippen molar-refractivity contribution in [2.45, 2.75) is 18.9 Å². The number of carboxylic acid groups (broad SMARTS) is 1. The van der Waals surface area contributed by atoms with Gasteiger partial charge in [-0.15, -0.1) is 0 Å². The van der Waals surface area contributed by atoms with E-state index in [1.54, 1.807) is 12.1 Å². The molecule has 1 atom stereocenters. The number of nitrogens with two attached hydrogens (primary N) is 1.